The van der Waals surface area contributed by atoms with Gasteiger partial charge in [-0.1, -0.05) is 36.2 Å². The molecule has 4 unspecified atom stereocenters. The molecule has 0 saturated heterocycles. The molecule has 1 aromatic rings. The first kappa shape index (κ1) is 12.8. The molecule has 2 saturated carbocycles. The zero-order valence-electron chi connectivity index (χ0n) is 10.6. The predicted octanol–water partition coefficient (Wildman–Crippen LogP) is 5.49. The van der Waals surface area contributed by atoms with Crippen LogP contribution in [0.3, 0.4) is 0 Å². The van der Waals surface area contributed by atoms with Gasteiger partial charge in [-0.3, -0.25) is 0 Å². The molecule has 0 N–H and O–H groups in total. The van der Waals surface area contributed by atoms with Crippen LogP contribution in [-0.2, 0) is 0 Å². The van der Waals surface area contributed by atoms with Crippen LogP contribution >= 0.6 is 23.2 Å². The summed E-state index contributed by atoms with van der Waals surface area (Å²) in [6.45, 7) is 0. The third-order valence-corrected chi connectivity index (χ3v) is 5.72. The molecule has 2 bridgehead atoms. The molecule has 3 rings (SSSR count). The Morgan fingerprint density at radius 1 is 1.17 bits per heavy atom. The minimum absolute atomic E-state index is 0.435. The second kappa shape index (κ2) is 5.43. The van der Waals surface area contributed by atoms with Crippen molar-refractivity contribution >= 4 is 23.2 Å². The molecule has 18 heavy (non-hydrogen) atoms. The van der Waals surface area contributed by atoms with E-state index in [0.717, 1.165) is 22.8 Å². The molecule has 2 fully saturated rings. The number of benzene rings is 1. The van der Waals surface area contributed by atoms with Crippen LogP contribution in [0.4, 0.5) is 0 Å². The summed E-state index contributed by atoms with van der Waals surface area (Å²) < 4.78 is 0. The van der Waals surface area contributed by atoms with E-state index in [1.165, 1.54) is 37.7 Å². The van der Waals surface area contributed by atoms with Crippen molar-refractivity contribution in [2.75, 3.05) is 5.88 Å². The van der Waals surface area contributed by atoms with Gasteiger partial charge in [0, 0.05) is 10.9 Å². The molecule has 2 aliphatic carbocycles. The van der Waals surface area contributed by atoms with Crippen molar-refractivity contribution < 1.29 is 0 Å². The monoisotopic (exact) mass is 282 g/mol. The second-order valence-corrected chi connectivity index (χ2v) is 6.76. The molecule has 1 aromatic carbocycles. The highest BCUT2D eigenvalue weighted by Crippen LogP contribution is 2.51. The van der Waals surface area contributed by atoms with Gasteiger partial charge in [0.2, 0.25) is 0 Å². The van der Waals surface area contributed by atoms with Crippen LogP contribution in [0.1, 0.15) is 43.6 Å². The molecule has 0 heterocycles. The zero-order chi connectivity index (χ0) is 12.5. The standard InChI is InChI=1S/C16H20Cl2/c17-10-14(15-3-1-2-4-16(15)18)9-13-8-11-5-6-12(13)7-11/h1-4,11-14H,5-10H2. The lowest BCUT2D eigenvalue weighted by Crippen LogP contribution is -2.15. The van der Waals surface area contributed by atoms with E-state index in [1.54, 1.807) is 0 Å². The Labute approximate surface area is 120 Å². The minimum atomic E-state index is 0.435. The summed E-state index contributed by atoms with van der Waals surface area (Å²) in [5.41, 5.74) is 1.25. The van der Waals surface area contributed by atoms with Gasteiger partial charge in [0.05, 0.1) is 0 Å². The fourth-order valence-corrected chi connectivity index (χ4v) is 4.69. The lowest BCUT2D eigenvalue weighted by Gasteiger charge is -2.26. The molecular formula is C16H20Cl2. The smallest absolute Gasteiger partial charge is 0.0441 e. The number of fused-ring (bicyclic) bond motifs is 2. The van der Waals surface area contributed by atoms with Gasteiger partial charge in [-0.15, -0.1) is 11.6 Å². The summed E-state index contributed by atoms with van der Waals surface area (Å²) in [7, 11) is 0. The quantitative estimate of drug-likeness (QED) is 0.641. The fraction of sp³-hybridized carbons (Fsp3) is 0.625. The predicted molar refractivity (Wildman–Crippen MR) is 78.5 cm³/mol. The number of hydrogen-bond acceptors (Lipinski definition) is 0. The summed E-state index contributed by atoms with van der Waals surface area (Å²) >= 11 is 12.5. The Balaban J connectivity index is 1.72. The second-order valence-electron chi connectivity index (χ2n) is 6.04. The number of halogens is 2. The first-order chi connectivity index (χ1) is 8.78. The number of rotatable bonds is 4. The highest BCUT2D eigenvalue weighted by molar-refractivity contribution is 6.31. The fourth-order valence-electron chi connectivity index (χ4n) is 4.11. The van der Waals surface area contributed by atoms with Gasteiger partial charge >= 0.3 is 0 Å². The van der Waals surface area contributed by atoms with E-state index in [2.05, 4.69) is 12.1 Å². The highest BCUT2D eigenvalue weighted by Gasteiger charge is 2.40. The Morgan fingerprint density at radius 3 is 2.61 bits per heavy atom. The molecule has 0 aliphatic heterocycles. The normalized spacial score (nSPS) is 31.8. The maximum absolute atomic E-state index is 6.30. The van der Waals surface area contributed by atoms with Gasteiger partial charge < -0.3 is 0 Å². The molecule has 98 valence electrons. The summed E-state index contributed by atoms with van der Waals surface area (Å²) in [6.07, 6.45) is 7.06. The van der Waals surface area contributed by atoms with Crippen molar-refractivity contribution in [3.8, 4) is 0 Å². The Morgan fingerprint density at radius 2 is 2.00 bits per heavy atom. The van der Waals surface area contributed by atoms with Crippen molar-refractivity contribution in [1.29, 1.82) is 0 Å². The van der Waals surface area contributed by atoms with Crippen LogP contribution in [0, 0.1) is 17.8 Å². The molecule has 0 spiro atoms. The van der Waals surface area contributed by atoms with Gasteiger partial charge in [0.1, 0.15) is 0 Å². The average Bonchev–Trinajstić information content (AvgIpc) is 2.99. The SMILES string of the molecule is ClCC(CC1CC2CCC1C2)c1ccccc1Cl. The van der Waals surface area contributed by atoms with E-state index in [1.807, 2.05) is 12.1 Å². The number of alkyl halides is 1. The summed E-state index contributed by atoms with van der Waals surface area (Å²) in [5, 5.41) is 0.881. The molecule has 0 amide bonds. The Kier molecular flexibility index (Phi) is 3.86. The van der Waals surface area contributed by atoms with Crippen LogP contribution < -0.4 is 0 Å². The van der Waals surface area contributed by atoms with E-state index >= 15 is 0 Å². The van der Waals surface area contributed by atoms with E-state index < -0.39 is 0 Å². The van der Waals surface area contributed by atoms with Crippen LogP contribution in [-0.4, -0.2) is 5.88 Å². The Hall–Kier alpha value is -0.200. The van der Waals surface area contributed by atoms with Gasteiger partial charge in [0.25, 0.3) is 0 Å². The molecule has 0 radical (unpaired) electrons. The van der Waals surface area contributed by atoms with Gasteiger partial charge in [-0.25, -0.2) is 0 Å². The molecular weight excluding hydrogens is 263 g/mol. The third-order valence-electron chi connectivity index (χ3n) is 5.00. The van der Waals surface area contributed by atoms with Crippen molar-refractivity contribution in [3.05, 3.63) is 34.9 Å². The summed E-state index contributed by atoms with van der Waals surface area (Å²) in [6, 6.07) is 8.19. The van der Waals surface area contributed by atoms with E-state index in [0.29, 0.717) is 11.8 Å². The van der Waals surface area contributed by atoms with Crippen molar-refractivity contribution in [2.45, 2.75) is 38.0 Å². The van der Waals surface area contributed by atoms with Crippen molar-refractivity contribution in [2.24, 2.45) is 17.8 Å². The Bertz CT molecular complexity index is 415. The minimum Gasteiger partial charge on any atom is -0.126 e. The van der Waals surface area contributed by atoms with Crippen molar-refractivity contribution in [1.82, 2.24) is 0 Å². The molecule has 2 aliphatic rings. The summed E-state index contributed by atoms with van der Waals surface area (Å²) in [4.78, 5) is 0. The van der Waals surface area contributed by atoms with Crippen LogP contribution in [0.15, 0.2) is 24.3 Å². The molecule has 4 atom stereocenters. The average molecular weight is 283 g/mol. The van der Waals surface area contributed by atoms with Crippen LogP contribution in [0.25, 0.3) is 0 Å². The largest absolute Gasteiger partial charge is 0.126 e. The van der Waals surface area contributed by atoms with Gasteiger partial charge in [0.15, 0.2) is 0 Å². The lowest BCUT2D eigenvalue weighted by atomic mass is 9.80. The van der Waals surface area contributed by atoms with E-state index in [-0.39, 0.29) is 0 Å². The first-order valence-electron chi connectivity index (χ1n) is 7.08. The molecule has 0 aromatic heterocycles. The maximum Gasteiger partial charge on any atom is 0.0441 e. The zero-order valence-corrected chi connectivity index (χ0v) is 12.1. The van der Waals surface area contributed by atoms with Gasteiger partial charge in [-0.05, 0) is 61.0 Å². The van der Waals surface area contributed by atoms with E-state index in [4.69, 9.17) is 23.2 Å². The summed E-state index contributed by atoms with van der Waals surface area (Å²) in [5.74, 6) is 4.01. The highest BCUT2D eigenvalue weighted by atomic mass is 35.5. The van der Waals surface area contributed by atoms with Gasteiger partial charge in [-0.2, -0.15) is 0 Å². The lowest BCUT2D eigenvalue weighted by molar-refractivity contribution is 0.300. The first-order valence-corrected chi connectivity index (χ1v) is 7.99. The molecule has 0 nitrogen and oxygen atoms in total. The van der Waals surface area contributed by atoms with Crippen molar-refractivity contribution in [3.63, 3.8) is 0 Å². The third kappa shape index (κ3) is 2.42. The van der Waals surface area contributed by atoms with Crippen LogP contribution in [0.2, 0.25) is 5.02 Å². The maximum atomic E-state index is 6.30. The topological polar surface area (TPSA) is 0 Å². The van der Waals surface area contributed by atoms with E-state index in [9.17, 15) is 0 Å². The number of hydrogen-bond donors (Lipinski definition) is 0. The molecule has 2 heteroatoms. The van der Waals surface area contributed by atoms with Crippen LogP contribution in [0.5, 0.6) is 0 Å².